The van der Waals surface area contributed by atoms with Crippen molar-refractivity contribution in [3.8, 4) is 11.3 Å². The van der Waals surface area contributed by atoms with Gasteiger partial charge in [-0.25, -0.2) is 4.98 Å². The van der Waals surface area contributed by atoms with Crippen LogP contribution in [0.3, 0.4) is 0 Å². The van der Waals surface area contributed by atoms with Crippen molar-refractivity contribution in [2.45, 2.75) is 13.5 Å². The Hall–Kier alpha value is -3.60. The lowest BCUT2D eigenvalue weighted by atomic mass is 10.0. The first-order valence-corrected chi connectivity index (χ1v) is 8.70. The molecule has 0 aliphatic rings. The fourth-order valence-electron chi connectivity index (χ4n) is 2.96. The van der Waals surface area contributed by atoms with Crippen LogP contribution in [0.25, 0.3) is 22.2 Å². The summed E-state index contributed by atoms with van der Waals surface area (Å²) < 4.78 is 0. The second-order valence-electron chi connectivity index (χ2n) is 6.32. The number of aromatic nitrogens is 3. The van der Waals surface area contributed by atoms with Gasteiger partial charge in [-0.3, -0.25) is 14.8 Å². The minimum atomic E-state index is -0.149. The number of rotatable bonds is 4. The van der Waals surface area contributed by atoms with E-state index in [2.05, 4.69) is 15.3 Å². The molecule has 5 nitrogen and oxygen atoms in total. The number of hydrogen-bond acceptors (Lipinski definition) is 4. The summed E-state index contributed by atoms with van der Waals surface area (Å²) in [5, 5.41) is 3.80. The molecule has 3 aromatic heterocycles. The topological polar surface area (TPSA) is 67.8 Å². The minimum absolute atomic E-state index is 0.149. The Balaban J connectivity index is 1.75. The average molecular weight is 354 g/mol. The van der Waals surface area contributed by atoms with Gasteiger partial charge in [0.15, 0.2) is 0 Å². The van der Waals surface area contributed by atoms with E-state index in [1.54, 1.807) is 18.6 Å². The van der Waals surface area contributed by atoms with Gasteiger partial charge in [0, 0.05) is 29.5 Å². The lowest BCUT2D eigenvalue weighted by Crippen LogP contribution is -2.23. The van der Waals surface area contributed by atoms with Crippen LogP contribution >= 0.6 is 0 Å². The molecule has 3 heterocycles. The molecule has 1 aromatic carbocycles. The van der Waals surface area contributed by atoms with Crippen molar-refractivity contribution in [3.63, 3.8) is 0 Å². The Morgan fingerprint density at radius 3 is 2.74 bits per heavy atom. The third kappa shape index (κ3) is 3.67. The molecule has 1 N–H and O–H groups in total. The molecule has 5 heteroatoms. The molecule has 27 heavy (non-hydrogen) atoms. The zero-order valence-corrected chi connectivity index (χ0v) is 14.9. The van der Waals surface area contributed by atoms with Crippen molar-refractivity contribution in [3.05, 3.63) is 90.0 Å². The van der Waals surface area contributed by atoms with Gasteiger partial charge in [0.05, 0.1) is 29.0 Å². The molecule has 0 aliphatic carbocycles. The van der Waals surface area contributed by atoms with Crippen LogP contribution in [0.15, 0.2) is 73.2 Å². The highest BCUT2D eigenvalue weighted by molar-refractivity contribution is 6.07. The van der Waals surface area contributed by atoms with E-state index < -0.39 is 0 Å². The number of amides is 1. The number of fused-ring (bicyclic) bond motifs is 1. The van der Waals surface area contributed by atoms with Gasteiger partial charge in [0.2, 0.25) is 0 Å². The van der Waals surface area contributed by atoms with E-state index in [9.17, 15) is 4.79 Å². The number of carbonyl (C=O) groups excluding carboxylic acids is 1. The van der Waals surface area contributed by atoms with Crippen molar-refractivity contribution in [1.82, 2.24) is 20.3 Å². The first kappa shape index (κ1) is 16.8. The first-order chi connectivity index (χ1) is 13.2. The maximum Gasteiger partial charge on any atom is 0.252 e. The number of benzene rings is 1. The summed E-state index contributed by atoms with van der Waals surface area (Å²) >= 11 is 0. The Bertz CT molecular complexity index is 1100. The van der Waals surface area contributed by atoms with E-state index in [0.29, 0.717) is 12.1 Å². The lowest BCUT2D eigenvalue weighted by Gasteiger charge is -2.11. The van der Waals surface area contributed by atoms with Crippen LogP contribution in [0.2, 0.25) is 0 Å². The average Bonchev–Trinajstić information content (AvgIpc) is 2.72. The maximum atomic E-state index is 12.9. The molecule has 0 bridgehead atoms. The summed E-state index contributed by atoms with van der Waals surface area (Å²) in [6, 6.07) is 17.2. The van der Waals surface area contributed by atoms with Gasteiger partial charge in [0.25, 0.3) is 5.91 Å². The second-order valence-corrected chi connectivity index (χ2v) is 6.32. The van der Waals surface area contributed by atoms with Gasteiger partial charge >= 0.3 is 0 Å². The van der Waals surface area contributed by atoms with Crippen LogP contribution in [0.5, 0.6) is 0 Å². The number of pyridine rings is 3. The standard InChI is InChI=1S/C22H18N4O/c1-15-7-8-20-18(11-15)19(12-21(26-20)16-5-4-9-23-13-16)22(27)25-14-17-6-2-3-10-24-17/h2-13H,14H2,1H3,(H,25,27). The van der Waals surface area contributed by atoms with Crippen molar-refractivity contribution in [1.29, 1.82) is 0 Å². The lowest BCUT2D eigenvalue weighted by molar-refractivity contribution is 0.0952. The van der Waals surface area contributed by atoms with E-state index in [-0.39, 0.29) is 5.91 Å². The highest BCUT2D eigenvalue weighted by atomic mass is 16.1. The molecule has 0 radical (unpaired) electrons. The zero-order valence-electron chi connectivity index (χ0n) is 14.9. The van der Waals surface area contributed by atoms with Gasteiger partial charge in [-0.1, -0.05) is 17.7 Å². The molecule has 0 fully saturated rings. The van der Waals surface area contributed by atoms with Crippen molar-refractivity contribution in [2.75, 3.05) is 0 Å². The fraction of sp³-hybridized carbons (Fsp3) is 0.0909. The molecular weight excluding hydrogens is 336 g/mol. The van der Waals surface area contributed by atoms with E-state index in [0.717, 1.165) is 33.4 Å². The van der Waals surface area contributed by atoms with E-state index >= 15 is 0 Å². The molecule has 0 atom stereocenters. The largest absolute Gasteiger partial charge is 0.346 e. The van der Waals surface area contributed by atoms with Gasteiger partial charge in [-0.15, -0.1) is 0 Å². The third-order valence-corrected chi connectivity index (χ3v) is 4.32. The molecule has 0 spiro atoms. The molecule has 4 rings (SSSR count). The molecule has 0 saturated heterocycles. The summed E-state index contributed by atoms with van der Waals surface area (Å²) in [5.41, 5.74) is 4.87. The van der Waals surface area contributed by atoms with Gasteiger partial charge in [0.1, 0.15) is 0 Å². The van der Waals surface area contributed by atoms with Crippen LogP contribution in [0.4, 0.5) is 0 Å². The van der Waals surface area contributed by atoms with Gasteiger partial charge in [-0.2, -0.15) is 0 Å². The van der Waals surface area contributed by atoms with Gasteiger partial charge < -0.3 is 5.32 Å². The second kappa shape index (κ2) is 7.33. The summed E-state index contributed by atoms with van der Waals surface area (Å²) in [6.45, 7) is 2.38. The van der Waals surface area contributed by atoms with Crippen LogP contribution in [0, 0.1) is 6.92 Å². The number of hydrogen-bond donors (Lipinski definition) is 1. The summed E-state index contributed by atoms with van der Waals surface area (Å²) in [4.78, 5) is 26.1. The monoisotopic (exact) mass is 354 g/mol. The van der Waals surface area contributed by atoms with E-state index in [1.165, 1.54) is 0 Å². The summed E-state index contributed by atoms with van der Waals surface area (Å²) in [5.74, 6) is -0.149. The fourth-order valence-corrected chi connectivity index (χ4v) is 2.96. The van der Waals surface area contributed by atoms with Crippen molar-refractivity contribution < 1.29 is 4.79 Å². The molecule has 132 valence electrons. The Labute approximate surface area is 157 Å². The molecule has 4 aromatic rings. The normalized spacial score (nSPS) is 10.7. The summed E-state index contributed by atoms with van der Waals surface area (Å²) in [6.07, 6.45) is 5.18. The predicted octanol–water partition coefficient (Wildman–Crippen LogP) is 3.93. The SMILES string of the molecule is Cc1ccc2nc(-c3cccnc3)cc(C(=O)NCc3ccccn3)c2c1. The third-order valence-electron chi connectivity index (χ3n) is 4.32. The molecule has 0 unspecified atom stereocenters. The van der Waals surface area contributed by atoms with E-state index in [1.807, 2.05) is 61.5 Å². The van der Waals surface area contributed by atoms with Crippen LogP contribution in [-0.2, 0) is 6.54 Å². The Morgan fingerprint density at radius 1 is 1.04 bits per heavy atom. The predicted molar refractivity (Wildman–Crippen MR) is 105 cm³/mol. The van der Waals surface area contributed by atoms with Crippen LogP contribution in [-0.4, -0.2) is 20.9 Å². The highest BCUT2D eigenvalue weighted by Crippen LogP contribution is 2.25. The molecule has 0 saturated carbocycles. The van der Waals surface area contributed by atoms with Crippen LogP contribution < -0.4 is 5.32 Å². The van der Waals surface area contributed by atoms with Crippen molar-refractivity contribution >= 4 is 16.8 Å². The Morgan fingerprint density at radius 2 is 1.96 bits per heavy atom. The maximum absolute atomic E-state index is 12.9. The molecule has 1 amide bonds. The zero-order chi connectivity index (χ0) is 18.6. The molecule has 0 aliphatic heterocycles. The van der Waals surface area contributed by atoms with Crippen LogP contribution in [0.1, 0.15) is 21.6 Å². The number of nitrogens with one attached hydrogen (secondary N) is 1. The Kier molecular flexibility index (Phi) is 4.58. The number of carbonyl (C=O) groups is 1. The quantitative estimate of drug-likeness (QED) is 0.603. The van der Waals surface area contributed by atoms with Crippen molar-refractivity contribution in [2.24, 2.45) is 0 Å². The first-order valence-electron chi connectivity index (χ1n) is 8.70. The summed E-state index contributed by atoms with van der Waals surface area (Å²) in [7, 11) is 0. The van der Waals surface area contributed by atoms with E-state index in [4.69, 9.17) is 4.98 Å². The molecular formula is C22H18N4O. The smallest absolute Gasteiger partial charge is 0.252 e. The van der Waals surface area contributed by atoms with Gasteiger partial charge in [-0.05, 0) is 49.4 Å². The highest BCUT2D eigenvalue weighted by Gasteiger charge is 2.14. The number of nitrogens with zero attached hydrogens (tertiary/aromatic N) is 3. The number of aryl methyl sites for hydroxylation is 1. The minimum Gasteiger partial charge on any atom is -0.346 e.